The average Bonchev–Trinajstić information content (AvgIpc) is 2.95. The summed E-state index contributed by atoms with van der Waals surface area (Å²) < 4.78 is 23.7. The summed E-state index contributed by atoms with van der Waals surface area (Å²) in [6, 6.07) is 7.95. The summed E-state index contributed by atoms with van der Waals surface area (Å²) in [6.45, 7) is 0. The van der Waals surface area contributed by atoms with Gasteiger partial charge in [-0.1, -0.05) is 24.0 Å². The van der Waals surface area contributed by atoms with Gasteiger partial charge in [-0.2, -0.15) is 0 Å². The molecule has 2 aromatic carbocycles. The summed E-state index contributed by atoms with van der Waals surface area (Å²) in [7, 11) is 2.77. The van der Waals surface area contributed by atoms with Gasteiger partial charge in [0.15, 0.2) is 15.8 Å². The van der Waals surface area contributed by atoms with Crippen LogP contribution >= 0.6 is 24.0 Å². The molecule has 7 nitrogen and oxygen atoms in total. The number of carbonyl (C=O) groups is 1. The number of halogens is 1. The van der Waals surface area contributed by atoms with Crippen molar-refractivity contribution in [3.63, 3.8) is 0 Å². The number of rotatable bonds is 5. The van der Waals surface area contributed by atoms with Gasteiger partial charge in [-0.15, -0.1) is 0 Å². The van der Waals surface area contributed by atoms with Crippen LogP contribution in [0.2, 0.25) is 0 Å². The van der Waals surface area contributed by atoms with Crippen LogP contribution in [0, 0.1) is 15.9 Å². The molecule has 0 saturated carbocycles. The molecule has 0 aromatic heterocycles. The van der Waals surface area contributed by atoms with Crippen molar-refractivity contribution in [3.8, 4) is 11.5 Å². The molecule has 1 fully saturated rings. The molecule has 0 radical (unpaired) electrons. The first kappa shape index (κ1) is 19.8. The van der Waals surface area contributed by atoms with Crippen molar-refractivity contribution >= 4 is 51.7 Å². The number of nitro groups is 1. The van der Waals surface area contributed by atoms with Crippen molar-refractivity contribution in [2.24, 2.45) is 0 Å². The molecule has 3 rings (SSSR count). The van der Waals surface area contributed by atoms with E-state index in [9.17, 15) is 19.3 Å². The lowest BCUT2D eigenvalue weighted by molar-refractivity contribution is -0.385. The van der Waals surface area contributed by atoms with Crippen LogP contribution in [0.3, 0.4) is 0 Å². The molecule has 0 spiro atoms. The smallest absolute Gasteiger partial charge is 0.280 e. The van der Waals surface area contributed by atoms with Crippen LogP contribution in [-0.2, 0) is 4.79 Å². The number of ether oxygens (including phenoxy) is 2. The second-order valence-electron chi connectivity index (χ2n) is 5.52. The first-order valence-corrected chi connectivity index (χ1v) is 9.02. The van der Waals surface area contributed by atoms with Crippen LogP contribution < -0.4 is 14.4 Å². The van der Waals surface area contributed by atoms with E-state index in [1.807, 2.05) is 0 Å². The summed E-state index contributed by atoms with van der Waals surface area (Å²) in [5.74, 6) is -0.407. The predicted octanol–water partition coefficient (Wildman–Crippen LogP) is 4.16. The third kappa shape index (κ3) is 3.69. The highest BCUT2D eigenvalue weighted by Gasteiger charge is 2.34. The van der Waals surface area contributed by atoms with E-state index in [-0.39, 0.29) is 32.0 Å². The number of nitrogens with zero attached hydrogens (tertiary/aromatic N) is 2. The van der Waals surface area contributed by atoms with Crippen LogP contribution in [0.15, 0.2) is 41.3 Å². The largest absolute Gasteiger partial charge is 0.493 e. The molecule has 10 heteroatoms. The Labute approximate surface area is 168 Å². The van der Waals surface area contributed by atoms with E-state index in [2.05, 4.69) is 0 Å². The molecule has 144 valence electrons. The van der Waals surface area contributed by atoms with Crippen LogP contribution in [0.4, 0.5) is 15.8 Å². The standard InChI is InChI=1S/C18H13FN2O5S2/c1-25-14-7-10(13(21(23)24)9-15(14)26-2)8-16-17(22)20(18(27)28-16)12-5-3-11(19)4-6-12/h3-9H,1-2H3/b16-8-. The molecule has 0 bridgehead atoms. The van der Waals surface area contributed by atoms with Crippen LogP contribution in [0.25, 0.3) is 6.08 Å². The minimum absolute atomic E-state index is 0.169. The number of amides is 1. The highest BCUT2D eigenvalue weighted by atomic mass is 32.2. The van der Waals surface area contributed by atoms with Gasteiger partial charge < -0.3 is 9.47 Å². The van der Waals surface area contributed by atoms with E-state index in [1.165, 1.54) is 61.6 Å². The molecule has 0 unspecified atom stereocenters. The van der Waals surface area contributed by atoms with E-state index >= 15 is 0 Å². The number of thioether (sulfide) groups is 1. The number of thiocarbonyl (C=S) groups is 1. The van der Waals surface area contributed by atoms with Gasteiger partial charge >= 0.3 is 0 Å². The van der Waals surface area contributed by atoms with Crippen molar-refractivity contribution in [1.82, 2.24) is 0 Å². The lowest BCUT2D eigenvalue weighted by atomic mass is 10.1. The van der Waals surface area contributed by atoms with Crippen molar-refractivity contribution in [2.75, 3.05) is 19.1 Å². The molecule has 1 aliphatic heterocycles. The third-order valence-corrected chi connectivity index (χ3v) is 5.20. The molecular formula is C18H13FN2O5S2. The Kier molecular flexibility index (Phi) is 5.61. The number of benzene rings is 2. The quantitative estimate of drug-likeness (QED) is 0.311. The summed E-state index contributed by atoms with van der Waals surface area (Å²) in [5.41, 5.74) is 0.334. The second-order valence-corrected chi connectivity index (χ2v) is 7.19. The molecule has 2 aromatic rings. The van der Waals surface area contributed by atoms with E-state index in [1.54, 1.807) is 0 Å². The summed E-state index contributed by atoms with van der Waals surface area (Å²) in [4.78, 5) is 25.1. The maximum Gasteiger partial charge on any atom is 0.280 e. The molecule has 1 amide bonds. The average molecular weight is 420 g/mol. The molecule has 1 aliphatic rings. The van der Waals surface area contributed by atoms with Gasteiger partial charge in [-0.25, -0.2) is 4.39 Å². The molecule has 0 aliphatic carbocycles. The topological polar surface area (TPSA) is 81.9 Å². The Bertz CT molecular complexity index is 1010. The maximum absolute atomic E-state index is 13.1. The molecule has 0 N–H and O–H groups in total. The zero-order valence-electron chi connectivity index (χ0n) is 14.7. The van der Waals surface area contributed by atoms with Gasteiger partial charge in [-0.3, -0.25) is 19.8 Å². The number of methoxy groups -OCH3 is 2. The number of anilines is 1. The summed E-state index contributed by atoms with van der Waals surface area (Å²) in [6.07, 6.45) is 1.38. The van der Waals surface area contributed by atoms with Crippen molar-refractivity contribution in [3.05, 3.63) is 62.8 Å². The summed E-state index contributed by atoms with van der Waals surface area (Å²) in [5, 5.41) is 11.4. The normalized spacial score (nSPS) is 15.2. The third-order valence-electron chi connectivity index (χ3n) is 3.89. The highest BCUT2D eigenvalue weighted by molar-refractivity contribution is 8.27. The van der Waals surface area contributed by atoms with Crippen molar-refractivity contribution in [2.45, 2.75) is 0 Å². The molecule has 1 saturated heterocycles. The Hall–Kier alpha value is -2.98. The fourth-order valence-corrected chi connectivity index (χ4v) is 3.87. The van der Waals surface area contributed by atoms with Crippen LogP contribution in [0.5, 0.6) is 11.5 Å². The summed E-state index contributed by atoms with van der Waals surface area (Å²) >= 11 is 6.25. The first-order valence-electron chi connectivity index (χ1n) is 7.79. The molecular weight excluding hydrogens is 407 g/mol. The predicted molar refractivity (Wildman–Crippen MR) is 108 cm³/mol. The van der Waals surface area contributed by atoms with Gasteiger partial charge in [0.05, 0.1) is 41.4 Å². The SMILES string of the molecule is COc1cc(/C=C2\SC(=S)N(c3ccc(F)cc3)C2=O)c([N+](=O)[O-])cc1OC. The van der Waals surface area contributed by atoms with Gasteiger partial charge in [0, 0.05) is 0 Å². The fourth-order valence-electron chi connectivity index (χ4n) is 2.58. The van der Waals surface area contributed by atoms with E-state index in [0.29, 0.717) is 5.69 Å². The number of nitro benzene ring substituents is 1. The highest BCUT2D eigenvalue weighted by Crippen LogP contribution is 2.40. The van der Waals surface area contributed by atoms with Gasteiger partial charge in [0.25, 0.3) is 11.6 Å². The Morgan fingerprint density at radius 1 is 1.18 bits per heavy atom. The Morgan fingerprint density at radius 2 is 1.79 bits per heavy atom. The van der Waals surface area contributed by atoms with Gasteiger partial charge in [-0.05, 0) is 36.4 Å². The van der Waals surface area contributed by atoms with Crippen molar-refractivity contribution in [1.29, 1.82) is 0 Å². The number of hydrogen-bond acceptors (Lipinski definition) is 7. The number of carbonyl (C=O) groups excluding carboxylic acids is 1. The molecule has 28 heavy (non-hydrogen) atoms. The number of hydrogen-bond donors (Lipinski definition) is 0. The fraction of sp³-hybridized carbons (Fsp3) is 0.111. The van der Waals surface area contributed by atoms with Gasteiger partial charge in [0.2, 0.25) is 0 Å². The van der Waals surface area contributed by atoms with E-state index in [0.717, 1.165) is 11.8 Å². The molecule has 1 heterocycles. The lowest BCUT2D eigenvalue weighted by Gasteiger charge is -2.14. The van der Waals surface area contributed by atoms with Crippen molar-refractivity contribution < 1.29 is 23.6 Å². The van der Waals surface area contributed by atoms with Gasteiger partial charge in [0.1, 0.15) is 5.82 Å². The lowest BCUT2D eigenvalue weighted by Crippen LogP contribution is -2.27. The zero-order valence-corrected chi connectivity index (χ0v) is 16.3. The second kappa shape index (κ2) is 7.95. The molecule has 0 atom stereocenters. The zero-order chi connectivity index (χ0) is 20.4. The van der Waals surface area contributed by atoms with Crippen LogP contribution in [0.1, 0.15) is 5.56 Å². The first-order chi connectivity index (χ1) is 13.3. The van der Waals surface area contributed by atoms with Crippen LogP contribution in [-0.4, -0.2) is 29.4 Å². The van der Waals surface area contributed by atoms with E-state index in [4.69, 9.17) is 21.7 Å². The Morgan fingerprint density at radius 3 is 2.36 bits per heavy atom. The Balaban J connectivity index is 2.04. The van der Waals surface area contributed by atoms with E-state index < -0.39 is 16.6 Å². The maximum atomic E-state index is 13.1. The minimum Gasteiger partial charge on any atom is -0.493 e. The minimum atomic E-state index is -0.575. The monoisotopic (exact) mass is 420 g/mol.